The summed E-state index contributed by atoms with van der Waals surface area (Å²) in [4.78, 5) is 30.5. The van der Waals surface area contributed by atoms with Crippen LogP contribution in [0.5, 0.6) is 0 Å². The second-order valence-corrected chi connectivity index (χ2v) is 9.46. The summed E-state index contributed by atoms with van der Waals surface area (Å²) in [5, 5.41) is 11.5. The molecule has 3 aromatic heterocycles. The molecule has 0 spiro atoms. The Kier molecular flexibility index (Phi) is 6.38. The number of hydrogen-bond donors (Lipinski definition) is 1. The predicted octanol–water partition coefficient (Wildman–Crippen LogP) is 3.42. The van der Waals surface area contributed by atoms with E-state index in [-0.39, 0.29) is 5.91 Å². The van der Waals surface area contributed by atoms with Gasteiger partial charge in [0.2, 0.25) is 5.91 Å². The van der Waals surface area contributed by atoms with Crippen LogP contribution in [0.2, 0.25) is 0 Å². The number of para-hydroxylation sites is 2. The molecule has 1 amide bonds. The number of aliphatic hydroxyl groups is 1. The van der Waals surface area contributed by atoms with Crippen LogP contribution in [0.25, 0.3) is 22.1 Å². The molecule has 8 heteroatoms. The molecule has 1 aliphatic rings. The van der Waals surface area contributed by atoms with Gasteiger partial charge in [-0.05, 0) is 50.1 Å². The Morgan fingerprint density at radius 2 is 1.94 bits per heavy atom. The molecule has 4 heterocycles. The van der Waals surface area contributed by atoms with E-state index in [0.717, 1.165) is 53.1 Å². The number of carbonyl (C=O) groups excluding carboxylic acids is 1. The van der Waals surface area contributed by atoms with Crippen LogP contribution in [0.4, 0.5) is 5.69 Å². The first-order chi connectivity index (χ1) is 17.0. The summed E-state index contributed by atoms with van der Waals surface area (Å²) in [6.07, 6.45) is 5.98. The van der Waals surface area contributed by atoms with Crippen molar-refractivity contribution in [3.05, 3.63) is 60.7 Å². The number of fused-ring (bicyclic) bond motifs is 2. The summed E-state index contributed by atoms with van der Waals surface area (Å²) in [7, 11) is 1.78. The fourth-order valence-corrected chi connectivity index (χ4v) is 5.28. The maximum Gasteiger partial charge on any atom is 0.222 e. The van der Waals surface area contributed by atoms with Crippen molar-refractivity contribution in [3.8, 4) is 0 Å². The first-order valence-corrected chi connectivity index (χ1v) is 12.3. The van der Waals surface area contributed by atoms with E-state index in [4.69, 9.17) is 4.98 Å². The molecular formula is C27H32N6O2. The molecule has 0 bridgehead atoms. The Morgan fingerprint density at radius 1 is 1.11 bits per heavy atom. The molecule has 0 aliphatic carbocycles. The molecule has 1 aromatic carbocycles. The van der Waals surface area contributed by atoms with Crippen molar-refractivity contribution in [2.75, 3.05) is 31.6 Å². The van der Waals surface area contributed by atoms with E-state index >= 15 is 0 Å². The van der Waals surface area contributed by atoms with Crippen molar-refractivity contribution in [3.63, 3.8) is 0 Å². The lowest BCUT2D eigenvalue weighted by atomic mass is 9.91. The number of aryl methyl sites for hydroxylation is 2. The van der Waals surface area contributed by atoms with Gasteiger partial charge in [-0.3, -0.25) is 14.8 Å². The minimum atomic E-state index is -0.983. The summed E-state index contributed by atoms with van der Waals surface area (Å²) in [6.45, 7) is 4.49. The third-order valence-electron chi connectivity index (χ3n) is 6.94. The number of anilines is 1. The molecule has 1 aliphatic heterocycles. The van der Waals surface area contributed by atoms with Crippen LogP contribution in [-0.2, 0) is 17.8 Å². The van der Waals surface area contributed by atoms with E-state index in [1.807, 2.05) is 36.4 Å². The van der Waals surface area contributed by atoms with E-state index in [1.165, 1.54) is 0 Å². The molecule has 1 unspecified atom stereocenters. The predicted molar refractivity (Wildman–Crippen MR) is 137 cm³/mol. The van der Waals surface area contributed by atoms with Gasteiger partial charge in [-0.2, -0.15) is 0 Å². The number of imidazole rings is 1. The minimum absolute atomic E-state index is 0.0151. The smallest absolute Gasteiger partial charge is 0.222 e. The van der Waals surface area contributed by atoms with Crippen molar-refractivity contribution in [2.45, 2.75) is 44.8 Å². The van der Waals surface area contributed by atoms with Gasteiger partial charge >= 0.3 is 0 Å². The lowest BCUT2D eigenvalue weighted by molar-refractivity contribution is -0.133. The quantitative estimate of drug-likeness (QED) is 0.444. The lowest BCUT2D eigenvalue weighted by Crippen LogP contribution is -2.54. The van der Waals surface area contributed by atoms with E-state index < -0.39 is 5.60 Å². The number of hydrogen-bond acceptors (Lipinski definition) is 6. The maximum absolute atomic E-state index is 13.0. The van der Waals surface area contributed by atoms with Gasteiger partial charge in [0.1, 0.15) is 11.3 Å². The third kappa shape index (κ3) is 4.71. The summed E-state index contributed by atoms with van der Waals surface area (Å²) in [6, 6.07) is 13.8. The van der Waals surface area contributed by atoms with E-state index in [2.05, 4.69) is 32.4 Å². The normalized spacial score (nSPS) is 18.3. The van der Waals surface area contributed by atoms with Crippen LogP contribution < -0.4 is 4.90 Å². The number of carbonyl (C=O) groups is 1. The monoisotopic (exact) mass is 472 g/mol. The van der Waals surface area contributed by atoms with Gasteiger partial charge < -0.3 is 19.5 Å². The molecule has 1 N–H and O–H groups in total. The number of pyridine rings is 2. The fraction of sp³-hybridized carbons (Fsp3) is 0.407. The summed E-state index contributed by atoms with van der Waals surface area (Å²) in [5.41, 5.74) is 3.72. The zero-order valence-corrected chi connectivity index (χ0v) is 20.4. The Morgan fingerprint density at radius 3 is 2.80 bits per heavy atom. The molecular weight excluding hydrogens is 440 g/mol. The minimum Gasteiger partial charge on any atom is -0.386 e. The Bertz CT molecular complexity index is 1350. The van der Waals surface area contributed by atoms with E-state index in [0.29, 0.717) is 32.4 Å². The Labute approximate surface area is 205 Å². The number of aromatic nitrogens is 4. The van der Waals surface area contributed by atoms with Gasteiger partial charge in [0.25, 0.3) is 0 Å². The van der Waals surface area contributed by atoms with Crippen LogP contribution in [0.3, 0.4) is 0 Å². The van der Waals surface area contributed by atoms with Crippen molar-refractivity contribution in [1.29, 1.82) is 0 Å². The van der Waals surface area contributed by atoms with Crippen molar-refractivity contribution < 1.29 is 9.90 Å². The summed E-state index contributed by atoms with van der Waals surface area (Å²) < 4.78 is 2.17. The average molecular weight is 473 g/mol. The van der Waals surface area contributed by atoms with Gasteiger partial charge in [-0.15, -0.1) is 0 Å². The number of likely N-dealkylation sites (N-methyl/N-ethyl adjacent to an activating group) is 1. The zero-order chi connectivity index (χ0) is 24.4. The number of nitrogens with zero attached hydrogens (tertiary/aromatic N) is 6. The first kappa shape index (κ1) is 23.2. The molecule has 182 valence electrons. The van der Waals surface area contributed by atoms with Gasteiger partial charge in [0, 0.05) is 51.9 Å². The molecule has 4 aromatic rings. The van der Waals surface area contributed by atoms with Crippen LogP contribution in [-0.4, -0.2) is 67.7 Å². The average Bonchev–Trinajstić information content (AvgIpc) is 3.24. The fourth-order valence-electron chi connectivity index (χ4n) is 5.28. The lowest BCUT2D eigenvalue weighted by Gasteiger charge is -2.42. The number of rotatable bonds is 7. The van der Waals surface area contributed by atoms with Crippen LogP contribution >= 0.6 is 0 Å². The summed E-state index contributed by atoms with van der Waals surface area (Å²) >= 11 is 0. The zero-order valence-electron chi connectivity index (χ0n) is 20.4. The van der Waals surface area contributed by atoms with Gasteiger partial charge in [-0.1, -0.05) is 12.1 Å². The molecule has 0 radical (unpaired) electrons. The Balaban J connectivity index is 1.25. The van der Waals surface area contributed by atoms with Crippen LogP contribution in [0.15, 0.2) is 54.9 Å². The molecule has 1 fully saturated rings. The number of benzene rings is 1. The second-order valence-electron chi connectivity index (χ2n) is 9.46. The number of β-amino-alcohol motifs (C(OH)–C–C–N with tert-alkyl or cyclic N) is 1. The van der Waals surface area contributed by atoms with Gasteiger partial charge in [0.15, 0.2) is 0 Å². The highest BCUT2D eigenvalue weighted by atomic mass is 16.3. The van der Waals surface area contributed by atoms with Gasteiger partial charge in [-0.25, -0.2) is 4.98 Å². The standard InChI is InChI=1S/C27H32N6O2/c1-3-33-22-10-5-4-8-20(22)30-24(33)11-12-25(34)31(2)18-27(35)14-7-17-32(19-27)23-13-16-28-21-9-6-15-29-26(21)23/h4-6,8-10,13,15-16,35H,3,7,11-12,14,17-19H2,1-2H3. The molecule has 1 atom stereocenters. The largest absolute Gasteiger partial charge is 0.386 e. The highest BCUT2D eigenvalue weighted by Crippen LogP contribution is 2.30. The summed E-state index contributed by atoms with van der Waals surface area (Å²) in [5.74, 6) is 0.941. The highest BCUT2D eigenvalue weighted by Gasteiger charge is 2.36. The first-order valence-electron chi connectivity index (χ1n) is 12.3. The third-order valence-corrected chi connectivity index (χ3v) is 6.94. The second kappa shape index (κ2) is 9.62. The SMILES string of the molecule is CCn1c(CCC(=O)N(C)CC2(O)CCCN(c3ccnc4cccnc34)C2)nc2ccccc21. The Hall–Kier alpha value is -3.52. The van der Waals surface area contributed by atoms with Gasteiger partial charge in [0.05, 0.1) is 34.4 Å². The van der Waals surface area contributed by atoms with E-state index in [1.54, 1.807) is 24.3 Å². The topological polar surface area (TPSA) is 87.4 Å². The van der Waals surface area contributed by atoms with Crippen LogP contribution in [0, 0.1) is 0 Å². The maximum atomic E-state index is 13.0. The van der Waals surface area contributed by atoms with E-state index in [9.17, 15) is 9.90 Å². The molecule has 1 saturated heterocycles. The number of amides is 1. The molecule has 5 rings (SSSR count). The highest BCUT2D eigenvalue weighted by molar-refractivity contribution is 5.87. The van der Waals surface area contributed by atoms with Crippen LogP contribution in [0.1, 0.15) is 32.0 Å². The number of piperidine rings is 1. The molecule has 0 saturated carbocycles. The molecule has 8 nitrogen and oxygen atoms in total. The molecule has 35 heavy (non-hydrogen) atoms. The van der Waals surface area contributed by atoms with Crippen molar-refractivity contribution >= 4 is 33.7 Å². The van der Waals surface area contributed by atoms with Crippen molar-refractivity contribution in [1.82, 2.24) is 24.4 Å². The van der Waals surface area contributed by atoms with Crippen molar-refractivity contribution in [2.24, 2.45) is 0 Å².